The lowest BCUT2D eigenvalue weighted by Gasteiger charge is -2.20. The lowest BCUT2D eigenvalue weighted by atomic mass is 10.0. The molecule has 0 bridgehead atoms. The van der Waals surface area contributed by atoms with Crippen molar-refractivity contribution in [3.05, 3.63) is 101 Å². The molecule has 1 amide bonds. The molecule has 4 rings (SSSR count). The minimum absolute atomic E-state index is 0.426. The van der Waals surface area contributed by atoms with E-state index in [-0.39, 0.29) is 0 Å². The van der Waals surface area contributed by atoms with Gasteiger partial charge < -0.3 is 9.88 Å². The van der Waals surface area contributed by atoms with Crippen LogP contribution in [0.4, 0.5) is 13.2 Å². The van der Waals surface area contributed by atoms with E-state index in [1.165, 1.54) is 18.2 Å². The molecule has 0 aliphatic rings. The van der Waals surface area contributed by atoms with Crippen LogP contribution in [0.25, 0.3) is 11.0 Å². The van der Waals surface area contributed by atoms with Crippen LogP contribution in [0.3, 0.4) is 0 Å². The van der Waals surface area contributed by atoms with Crippen LogP contribution in [-0.2, 0) is 13.2 Å². The third-order valence-electron chi connectivity index (χ3n) is 4.97. The Hall–Kier alpha value is -3.61. The van der Waals surface area contributed by atoms with E-state index in [1.807, 2.05) is 41.9 Å². The summed E-state index contributed by atoms with van der Waals surface area (Å²) in [5.41, 5.74) is 0.914. The fourth-order valence-corrected chi connectivity index (χ4v) is 3.50. The van der Waals surface area contributed by atoms with Crippen LogP contribution in [0.1, 0.15) is 33.4 Å². The molecule has 152 valence electrons. The molecule has 0 saturated carbocycles. The van der Waals surface area contributed by atoms with E-state index in [1.54, 1.807) is 24.3 Å². The van der Waals surface area contributed by atoms with Crippen molar-refractivity contribution in [3.63, 3.8) is 0 Å². The van der Waals surface area contributed by atoms with Gasteiger partial charge in [-0.15, -0.1) is 0 Å². The molecule has 0 fully saturated rings. The number of hydrogen-bond donors (Lipinski definition) is 1. The Balaban J connectivity index is 1.79. The van der Waals surface area contributed by atoms with Crippen molar-refractivity contribution in [2.75, 3.05) is 0 Å². The number of carbonyl (C=O) groups is 1. The third-order valence-corrected chi connectivity index (χ3v) is 4.97. The average Bonchev–Trinajstić information content (AvgIpc) is 3.08. The molecule has 0 radical (unpaired) electrons. The van der Waals surface area contributed by atoms with Crippen molar-refractivity contribution < 1.29 is 18.0 Å². The minimum atomic E-state index is -4.63. The van der Waals surface area contributed by atoms with Crippen molar-refractivity contribution >= 4 is 16.9 Å². The number of carbonyl (C=O) groups excluding carboxylic acids is 1. The van der Waals surface area contributed by atoms with Gasteiger partial charge in [-0.3, -0.25) is 4.79 Å². The molecule has 0 aliphatic carbocycles. The molecule has 0 spiro atoms. The average molecular weight is 409 g/mol. The number of rotatable bonds is 4. The number of para-hydroxylation sites is 2. The van der Waals surface area contributed by atoms with Gasteiger partial charge in [-0.25, -0.2) is 4.98 Å². The van der Waals surface area contributed by atoms with Gasteiger partial charge in [0.15, 0.2) is 0 Å². The molecule has 1 N–H and O–H groups in total. The highest BCUT2D eigenvalue weighted by molar-refractivity contribution is 5.96. The predicted molar refractivity (Wildman–Crippen MR) is 108 cm³/mol. The van der Waals surface area contributed by atoms with Crippen molar-refractivity contribution in [3.8, 4) is 0 Å². The standard InChI is InChI=1S/C23H18F3N3O/c1-29-19-14-8-7-13-18(19)27-21(29)20(15-9-3-2-4-10-15)28-22(30)16-11-5-6-12-17(16)23(24,25)26/h2-14,20H,1H3,(H,28,30)/t20-/m0/s1. The number of hydrogen-bond acceptors (Lipinski definition) is 2. The molecule has 1 atom stereocenters. The van der Waals surface area contributed by atoms with Gasteiger partial charge in [-0.2, -0.15) is 13.2 Å². The van der Waals surface area contributed by atoms with Crippen LogP contribution in [0.5, 0.6) is 0 Å². The summed E-state index contributed by atoms with van der Waals surface area (Å²) in [7, 11) is 1.82. The SMILES string of the molecule is Cn1c([C@@H](NC(=O)c2ccccc2C(F)(F)F)c2ccccc2)nc2ccccc21. The number of fused-ring (bicyclic) bond motifs is 1. The van der Waals surface area contributed by atoms with Crippen LogP contribution in [0.2, 0.25) is 0 Å². The van der Waals surface area contributed by atoms with Crippen LogP contribution < -0.4 is 5.32 Å². The molecular weight excluding hydrogens is 391 g/mol. The molecule has 4 aromatic rings. The number of imidazole rings is 1. The highest BCUT2D eigenvalue weighted by Crippen LogP contribution is 2.32. The Morgan fingerprint density at radius 3 is 2.27 bits per heavy atom. The van der Waals surface area contributed by atoms with Crippen LogP contribution in [0.15, 0.2) is 78.9 Å². The highest BCUT2D eigenvalue weighted by Gasteiger charge is 2.35. The fraction of sp³-hybridized carbons (Fsp3) is 0.130. The Kier molecular flexibility index (Phi) is 5.03. The topological polar surface area (TPSA) is 46.9 Å². The number of benzene rings is 3. The minimum Gasteiger partial charge on any atom is -0.338 e. The maximum Gasteiger partial charge on any atom is 0.417 e. The van der Waals surface area contributed by atoms with Crippen molar-refractivity contribution in [1.82, 2.24) is 14.9 Å². The summed E-state index contributed by atoms with van der Waals surface area (Å²) in [6.45, 7) is 0. The number of aromatic nitrogens is 2. The second-order valence-corrected chi connectivity index (χ2v) is 6.88. The predicted octanol–water partition coefficient (Wildman–Crippen LogP) is 5.11. The van der Waals surface area contributed by atoms with E-state index in [9.17, 15) is 18.0 Å². The number of alkyl halides is 3. The number of aryl methyl sites for hydroxylation is 1. The van der Waals surface area contributed by atoms with E-state index in [0.29, 0.717) is 11.4 Å². The van der Waals surface area contributed by atoms with Crippen LogP contribution in [-0.4, -0.2) is 15.5 Å². The summed E-state index contributed by atoms with van der Waals surface area (Å²) in [5.74, 6) is -0.288. The first kappa shape index (κ1) is 19.7. The van der Waals surface area contributed by atoms with Crippen molar-refractivity contribution in [2.24, 2.45) is 7.05 Å². The number of nitrogens with zero attached hydrogens (tertiary/aromatic N) is 2. The first-order valence-corrected chi connectivity index (χ1v) is 9.29. The Bertz CT molecular complexity index is 1200. The first-order chi connectivity index (χ1) is 14.4. The van der Waals surface area contributed by atoms with Crippen LogP contribution >= 0.6 is 0 Å². The summed E-state index contributed by atoms with van der Waals surface area (Å²) in [6.07, 6.45) is -4.63. The Labute approximate surface area is 171 Å². The van der Waals surface area contributed by atoms with E-state index in [2.05, 4.69) is 10.3 Å². The third kappa shape index (κ3) is 3.66. The smallest absolute Gasteiger partial charge is 0.338 e. The summed E-state index contributed by atoms with van der Waals surface area (Å²) in [6, 6.07) is 20.6. The maximum absolute atomic E-state index is 13.4. The van der Waals surface area contributed by atoms with Gasteiger partial charge in [0.1, 0.15) is 11.9 Å². The number of nitrogens with one attached hydrogen (secondary N) is 1. The van der Waals surface area contributed by atoms with Crippen molar-refractivity contribution in [2.45, 2.75) is 12.2 Å². The quantitative estimate of drug-likeness (QED) is 0.509. The van der Waals surface area contributed by atoms with E-state index >= 15 is 0 Å². The first-order valence-electron chi connectivity index (χ1n) is 9.29. The van der Waals surface area contributed by atoms with Gasteiger partial charge in [-0.1, -0.05) is 54.6 Å². The van der Waals surface area contributed by atoms with E-state index < -0.39 is 29.3 Å². The molecular formula is C23H18F3N3O. The molecule has 1 aromatic heterocycles. The zero-order valence-electron chi connectivity index (χ0n) is 16.0. The Morgan fingerprint density at radius 1 is 0.933 bits per heavy atom. The maximum atomic E-state index is 13.4. The molecule has 0 unspecified atom stereocenters. The van der Waals surface area contributed by atoms with Gasteiger partial charge >= 0.3 is 6.18 Å². The molecule has 0 saturated heterocycles. The van der Waals surface area contributed by atoms with Crippen molar-refractivity contribution in [1.29, 1.82) is 0 Å². The van der Waals surface area contributed by atoms with Gasteiger partial charge in [0.25, 0.3) is 5.91 Å². The largest absolute Gasteiger partial charge is 0.417 e. The number of amides is 1. The summed E-state index contributed by atoms with van der Waals surface area (Å²) >= 11 is 0. The normalized spacial score (nSPS) is 12.7. The molecule has 30 heavy (non-hydrogen) atoms. The second kappa shape index (κ2) is 7.67. The lowest BCUT2D eigenvalue weighted by Crippen LogP contribution is -2.32. The van der Waals surface area contributed by atoms with Gasteiger partial charge in [0, 0.05) is 7.05 Å². The van der Waals surface area contributed by atoms with E-state index in [0.717, 1.165) is 17.1 Å². The van der Waals surface area contributed by atoms with Gasteiger partial charge in [-0.05, 0) is 29.8 Å². The fourth-order valence-electron chi connectivity index (χ4n) is 3.50. The number of halogens is 3. The molecule has 7 heteroatoms. The summed E-state index contributed by atoms with van der Waals surface area (Å²) < 4.78 is 42.0. The lowest BCUT2D eigenvalue weighted by molar-refractivity contribution is -0.137. The van der Waals surface area contributed by atoms with Gasteiger partial charge in [0.05, 0.1) is 22.2 Å². The van der Waals surface area contributed by atoms with Gasteiger partial charge in [0.2, 0.25) is 0 Å². The zero-order chi connectivity index (χ0) is 21.3. The molecule has 0 aliphatic heterocycles. The molecule has 4 nitrogen and oxygen atoms in total. The summed E-state index contributed by atoms with van der Waals surface area (Å²) in [5, 5.41) is 2.76. The molecule has 1 heterocycles. The zero-order valence-corrected chi connectivity index (χ0v) is 16.0. The molecule has 3 aromatic carbocycles. The van der Waals surface area contributed by atoms with E-state index in [4.69, 9.17) is 0 Å². The van der Waals surface area contributed by atoms with Crippen LogP contribution in [0, 0.1) is 0 Å². The second-order valence-electron chi connectivity index (χ2n) is 6.88. The Morgan fingerprint density at radius 2 is 1.57 bits per heavy atom. The monoisotopic (exact) mass is 409 g/mol. The highest BCUT2D eigenvalue weighted by atomic mass is 19.4. The summed E-state index contributed by atoms with van der Waals surface area (Å²) in [4.78, 5) is 17.6.